The summed E-state index contributed by atoms with van der Waals surface area (Å²) in [6.45, 7) is 2.42. The van der Waals surface area contributed by atoms with Crippen LogP contribution < -0.4 is 10.9 Å². The molecule has 0 fully saturated rings. The maximum Gasteiger partial charge on any atom is 0.262 e. The smallest absolute Gasteiger partial charge is 0.262 e. The lowest BCUT2D eigenvalue weighted by molar-refractivity contribution is 0.855. The molecule has 0 spiro atoms. The van der Waals surface area contributed by atoms with E-state index in [1.54, 1.807) is 7.05 Å². The number of aryl methyl sites for hydroxylation is 2. The molecule has 0 aliphatic rings. The Labute approximate surface area is 148 Å². The van der Waals surface area contributed by atoms with E-state index in [4.69, 9.17) is 11.6 Å². The summed E-state index contributed by atoms with van der Waals surface area (Å²) in [5.74, 6) is 1.24. The summed E-state index contributed by atoms with van der Waals surface area (Å²) in [7, 11) is 1.70. The zero-order chi connectivity index (χ0) is 17.6. The zero-order valence-corrected chi connectivity index (χ0v) is 14.6. The highest BCUT2D eigenvalue weighted by Gasteiger charge is 2.14. The van der Waals surface area contributed by atoms with Gasteiger partial charge in [0.05, 0.1) is 17.4 Å². The predicted molar refractivity (Wildman–Crippen MR) is 99.2 cm³/mol. The van der Waals surface area contributed by atoms with Gasteiger partial charge in [0.15, 0.2) is 5.82 Å². The number of fused-ring (bicyclic) bond motifs is 3. The van der Waals surface area contributed by atoms with Gasteiger partial charge in [0.25, 0.3) is 5.56 Å². The van der Waals surface area contributed by atoms with Gasteiger partial charge in [-0.2, -0.15) is 0 Å². The standard InChI is InChI=1S/C18H16ClN5O/c1-11-7-8-12(9-14(11)19)20-10-16-21-22-18-23(2)17(25)13-5-3-4-6-15(13)24(16)18/h3-9,20H,10H2,1-2H3. The topological polar surface area (TPSA) is 64.2 Å². The summed E-state index contributed by atoms with van der Waals surface area (Å²) in [6, 6.07) is 13.3. The van der Waals surface area contributed by atoms with Crippen LogP contribution in [-0.2, 0) is 13.6 Å². The van der Waals surface area contributed by atoms with Crippen LogP contribution in [0.3, 0.4) is 0 Å². The van der Waals surface area contributed by atoms with E-state index in [2.05, 4.69) is 15.5 Å². The molecule has 0 radical (unpaired) electrons. The Morgan fingerprint density at radius 1 is 1.16 bits per heavy atom. The predicted octanol–water partition coefficient (Wildman–Crippen LogP) is 3.16. The monoisotopic (exact) mass is 353 g/mol. The van der Waals surface area contributed by atoms with E-state index in [0.29, 0.717) is 22.7 Å². The molecule has 0 aliphatic carbocycles. The Morgan fingerprint density at radius 2 is 1.96 bits per heavy atom. The van der Waals surface area contributed by atoms with Crippen LogP contribution in [-0.4, -0.2) is 19.2 Å². The number of nitrogens with one attached hydrogen (secondary N) is 1. The van der Waals surface area contributed by atoms with Gasteiger partial charge in [-0.25, -0.2) is 0 Å². The van der Waals surface area contributed by atoms with Crippen molar-refractivity contribution < 1.29 is 0 Å². The summed E-state index contributed by atoms with van der Waals surface area (Å²) in [6.07, 6.45) is 0. The van der Waals surface area contributed by atoms with Crippen LogP contribution in [0.15, 0.2) is 47.3 Å². The largest absolute Gasteiger partial charge is 0.378 e. The first kappa shape index (κ1) is 15.7. The molecular weight excluding hydrogens is 338 g/mol. The first-order valence-electron chi connectivity index (χ1n) is 7.88. The SMILES string of the molecule is Cc1ccc(NCc2nnc3n(C)c(=O)c4ccccc4n23)cc1Cl. The molecule has 0 saturated carbocycles. The van der Waals surface area contributed by atoms with E-state index in [9.17, 15) is 4.79 Å². The Morgan fingerprint density at radius 3 is 2.76 bits per heavy atom. The van der Waals surface area contributed by atoms with Crippen LogP contribution in [0, 0.1) is 6.92 Å². The van der Waals surface area contributed by atoms with E-state index in [1.165, 1.54) is 4.57 Å². The normalized spacial score (nSPS) is 11.3. The third-order valence-electron chi connectivity index (χ3n) is 4.32. The Kier molecular flexibility index (Phi) is 3.69. The van der Waals surface area contributed by atoms with Gasteiger partial charge >= 0.3 is 0 Å². The van der Waals surface area contributed by atoms with Gasteiger partial charge in [-0.3, -0.25) is 13.8 Å². The molecule has 126 valence electrons. The summed E-state index contributed by atoms with van der Waals surface area (Å²) in [5.41, 5.74) is 2.65. The molecule has 0 amide bonds. The fraction of sp³-hybridized carbons (Fsp3) is 0.167. The first-order valence-corrected chi connectivity index (χ1v) is 8.26. The molecule has 2 aromatic carbocycles. The molecule has 0 unspecified atom stereocenters. The van der Waals surface area contributed by atoms with E-state index in [-0.39, 0.29) is 5.56 Å². The van der Waals surface area contributed by atoms with Crippen molar-refractivity contribution in [3.63, 3.8) is 0 Å². The molecule has 0 bridgehead atoms. The van der Waals surface area contributed by atoms with Crippen LogP contribution in [0.5, 0.6) is 0 Å². The molecule has 4 rings (SSSR count). The number of para-hydroxylation sites is 1. The minimum Gasteiger partial charge on any atom is -0.378 e. The van der Waals surface area contributed by atoms with E-state index < -0.39 is 0 Å². The number of hydrogen-bond donors (Lipinski definition) is 1. The van der Waals surface area contributed by atoms with E-state index >= 15 is 0 Å². The zero-order valence-electron chi connectivity index (χ0n) is 13.8. The molecule has 1 N–H and O–H groups in total. The van der Waals surface area contributed by atoms with Crippen molar-refractivity contribution in [2.45, 2.75) is 13.5 Å². The number of rotatable bonds is 3. The number of halogens is 1. The first-order chi connectivity index (χ1) is 12.1. The lowest BCUT2D eigenvalue weighted by Crippen LogP contribution is -2.20. The van der Waals surface area contributed by atoms with Crippen molar-refractivity contribution in [3.8, 4) is 0 Å². The molecule has 2 aromatic heterocycles. The van der Waals surface area contributed by atoms with Crippen LogP contribution >= 0.6 is 11.6 Å². The summed E-state index contributed by atoms with van der Waals surface area (Å²) in [4.78, 5) is 12.5. The summed E-state index contributed by atoms with van der Waals surface area (Å²) < 4.78 is 3.42. The molecule has 0 aliphatic heterocycles. The molecule has 0 saturated heterocycles. The van der Waals surface area contributed by atoms with Gasteiger partial charge in [-0.15, -0.1) is 10.2 Å². The van der Waals surface area contributed by atoms with Gasteiger partial charge in [0.2, 0.25) is 5.78 Å². The number of benzene rings is 2. The lowest BCUT2D eigenvalue weighted by Gasteiger charge is -2.09. The second-order valence-electron chi connectivity index (χ2n) is 5.95. The highest BCUT2D eigenvalue weighted by Crippen LogP contribution is 2.21. The minimum absolute atomic E-state index is 0.0830. The van der Waals surface area contributed by atoms with E-state index in [0.717, 1.165) is 22.6 Å². The highest BCUT2D eigenvalue weighted by molar-refractivity contribution is 6.31. The molecule has 7 heteroatoms. The molecule has 0 atom stereocenters. The van der Waals surface area contributed by atoms with Crippen molar-refractivity contribution in [2.24, 2.45) is 7.05 Å². The van der Waals surface area contributed by atoms with Gasteiger partial charge in [-0.05, 0) is 36.8 Å². The Balaban J connectivity index is 1.80. The second-order valence-corrected chi connectivity index (χ2v) is 6.36. The summed E-state index contributed by atoms with van der Waals surface area (Å²) in [5, 5.41) is 13.1. The van der Waals surface area contributed by atoms with Crippen LogP contribution in [0.4, 0.5) is 5.69 Å². The van der Waals surface area contributed by atoms with Crippen molar-refractivity contribution in [1.82, 2.24) is 19.2 Å². The van der Waals surface area contributed by atoms with Crippen molar-refractivity contribution in [2.75, 3.05) is 5.32 Å². The van der Waals surface area contributed by atoms with Gasteiger partial charge in [0.1, 0.15) is 0 Å². The van der Waals surface area contributed by atoms with Gasteiger partial charge in [0, 0.05) is 17.8 Å². The Bertz CT molecular complexity index is 1160. The van der Waals surface area contributed by atoms with Gasteiger partial charge < -0.3 is 5.32 Å². The average Bonchev–Trinajstić information content (AvgIpc) is 3.05. The number of aromatic nitrogens is 4. The van der Waals surface area contributed by atoms with Crippen molar-refractivity contribution >= 4 is 34.0 Å². The van der Waals surface area contributed by atoms with Crippen LogP contribution in [0.2, 0.25) is 5.02 Å². The van der Waals surface area contributed by atoms with E-state index in [1.807, 2.05) is 53.8 Å². The maximum absolute atomic E-state index is 12.5. The Hall–Kier alpha value is -2.86. The molecular formula is C18H16ClN5O. The van der Waals surface area contributed by atoms with Crippen LogP contribution in [0.1, 0.15) is 11.4 Å². The molecule has 4 aromatic rings. The minimum atomic E-state index is -0.0830. The molecule has 2 heterocycles. The fourth-order valence-electron chi connectivity index (χ4n) is 2.89. The lowest BCUT2D eigenvalue weighted by atomic mass is 10.2. The number of hydrogen-bond acceptors (Lipinski definition) is 4. The second kappa shape index (κ2) is 5.89. The van der Waals surface area contributed by atoms with Crippen molar-refractivity contribution in [3.05, 3.63) is 69.2 Å². The molecule has 25 heavy (non-hydrogen) atoms. The average molecular weight is 354 g/mol. The highest BCUT2D eigenvalue weighted by atomic mass is 35.5. The maximum atomic E-state index is 12.5. The van der Waals surface area contributed by atoms with Gasteiger partial charge in [-0.1, -0.05) is 29.8 Å². The third-order valence-corrected chi connectivity index (χ3v) is 4.72. The van der Waals surface area contributed by atoms with Crippen LogP contribution in [0.25, 0.3) is 16.7 Å². The number of anilines is 1. The number of nitrogens with zero attached hydrogens (tertiary/aromatic N) is 4. The summed E-state index contributed by atoms with van der Waals surface area (Å²) >= 11 is 6.17. The fourth-order valence-corrected chi connectivity index (χ4v) is 3.07. The molecule has 6 nitrogen and oxygen atoms in total. The third kappa shape index (κ3) is 2.55. The quantitative estimate of drug-likeness (QED) is 0.614. The van der Waals surface area contributed by atoms with Crippen molar-refractivity contribution in [1.29, 1.82) is 0 Å².